The van der Waals surface area contributed by atoms with Gasteiger partial charge < -0.3 is 10.1 Å². The lowest BCUT2D eigenvalue weighted by Crippen LogP contribution is -2.22. The first-order valence-corrected chi connectivity index (χ1v) is 8.40. The van der Waals surface area contributed by atoms with Crippen molar-refractivity contribution in [2.75, 3.05) is 13.7 Å². The summed E-state index contributed by atoms with van der Waals surface area (Å²) in [6.07, 6.45) is -0.138. The van der Waals surface area contributed by atoms with E-state index in [0.29, 0.717) is 21.2 Å². The summed E-state index contributed by atoms with van der Waals surface area (Å²) in [5, 5.41) is 3.44. The molecule has 7 heteroatoms. The van der Waals surface area contributed by atoms with Crippen LogP contribution in [0.3, 0.4) is 0 Å². The second-order valence-corrected chi connectivity index (χ2v) is 6.12. The zero-order chi connectivity index (χ0) is 18.6. The zero-order valence-corrected chi connectivity index (χ0v) is 15.2. The number of hydrogen-bond donors (Lipinski definition) is 1. The molecule has 0 saturated carbocycles. The van der Waals surface area contributed by atoms with E-state index in [-0.39, 0.29) is 18.6 Å². The lowest BCUT2D eigenvalue weighted by molar-refractivity contribution is -0.143. The van der Waals surface area contributed by atoms with Crippen molar-refractivity contribution in [3.63, 3.8) is 0 Å². The summed E-state index contributed by atoms with van der Waals surface area (Å²) in [7, 11) is 1.55. The van der Waals surface area contributed by atoms with E-state index >= 15 is 0 Å². The Balaban J connectivity index is 2.52. The van der Waals surface area contributed by atoms with Crippen LogP contribution in [0.5, 0.6) is 0 Å². The topological polar surface area (TPSA) is 38.3 Å². The Morgan fingerprint density at radius 3 is 2.44 bits per heavy atom. The SMILES string of the molecule is CCOC(=O)CC(NC)c1cc(-c2c(Cl)cccc2Cl)cc(F)c1F. The van der Waals surface area contributed by atoms with Crippen molar-refractivity contribution in [3.05, 3.63) is 57.6 Å². The van der Waals surface area contributed by atoms with E-state index in [1.165, 1.54) is 6.07 Å². The van der Waals surface area contributed by atoms with E-state index in [0.717, 1.165) is 6.07 Å². The van der Waals surface area contributed by atoms with Gasteiger partial charge in [0.25, 0.3) is 0 Å². The van der Waals surface area contributed by atoms with Gasteiger partial charge in [-0.15, -0.1) is 0 Å². The van der Waals surface area contributed by atoms with Crippen molar-refractivity contribution in [1.82, 2.24) is 5.32 Å². The van der Waals surface area contributed by atoms with Gasteiger partial charge in [0.1, 0.15) is 0 Å². The number of carbonyl (C=O) groups excluding carboxylic acids is 1. The quantitative estimate of drug-likeness (QED) is 0.696. The minimum absolute atomic E-state index is 0.00143. The van der Waals surface area contributed by atoms with Gasteiger partial charge in [-0.05, 0) is 43.8 Å². The van der Waals surface area contributed by atoms with Gasteiger partial charge in [-0.25, -0.2) is 8.78 Å². The van der Waals surface area contributed by atoms with Crippen LogP contribution in [-0.2, 0) is 9.53 Å². The second-order valence-electron chi connectivity index (χ2n) is 5.31. The summed E-state index contributed by atoms with van der Waals surface area (Å²) in [5.74, 6) is -2.59. The minimum atomic E-state index is -1.05. The van der Waals surface area contributed by atoms with Crippen molar-refractivity contribution in [1.29, 1.82) is 0 Å². The fourth-order valence-electron chi connectivity index (χ4n) is 2.54. The molecule has 2 rings (SSSR count). The molecule has 0 aliphatic rings. The molecule has 0 heterocycles. The van der Waals surface area contributed by atoms with Gasteiger partial charge in [-0.1, -0.05) is 29.3 Å². The number of halogens is 4. The number of esters is 1. The zero-order valence-electron chi connectivity index (χ0n) is 13.7. The van der Waals surface area contributed by atoms with Crippen LogP contribution in [0.2, 0.25) is 10.0 Å². The van der Waals surface area contributed by atoms with Gasteiger partial charge in [-0.2, -0.15) is 0 Å². The highest BCUT2D eigenvalue weighted by Gasteiger charge is 2.23. The molecule has 0 amide bonds. The molecule has 0 aliphatic heterocycles. The Bertz CT molecular complexity index is 764. The molecule has 0 aliphatic carbocycles. The van der Waals surface area contributed by atoms with Crippen LogP contribution in [0.1, 0.15) is 24.9 Å². The maximum atomic E-state index is 14.3. The average Bonchev–Trinajstić information content (AvgIpc) is 2.56. The Kier molecular flexibility index (Phi) is 6.76. The third kappa shape index (κ3) is 4.48. The van der Waals surface area contributed by atoms with E-state index in [4.69, 9.17) is 27.9 Å². The summed E-state index contributed by atoms with van der Waals surface area (Å²) in [5.41, 5.74) is 0.729. The van der Waals surface area contributed by atoms with Crippen LogP contribution >= 0.6 is 23.2 Å². The van der Waals surface area contributed by atoms with Crippen molar-refractivity contribution >= 4 is 29.2 Å². The van der Waals surface area contributed by atoms with Crippen LogP contribution < -0.4 is 5.32 Å². The summed E-state index contributed by atoms with van der Waals surface area (Å²) >= 11 is 12.3. The monoisotopic (exact) mass is 387 g/mol. The molecule has 3 nitrogen and oxygen atoms in total. The Morgan fingerprint density at radius 1 is 1.24 bits per heavy atom. The van der Waals surface area contributed by atoms with E-state index in [1.54, 1.807) is 32.2 Å². The lowest BCUT2D eigenvalue weighted by Gasteiger charge is -2.18. The lowest BCUT2D eigenvalue weighted by atomic mass is 9.96. The molecule has 0 radical (unpaired) electrons. The number of hydrogen-bond acceptors (Lipinski definition) is 3. The normalized spacial score (nSPS) is 12.1. The summed E-state index contributed by atoms with van der Waals surface area (Å²) in [6, 6.07) is 6.59. The molecule has 25 heavy (non-hydrogen) atoms. The number of nitrogens with one attached hydrogen (secondary N) is 1. The van der Waals surface area contributed by atoms with Crippen molar-refractivity contribution < 1.29 is 18.3 Å². The molecule has 0 fully saturated rings. The van der Waals surface area contributed by atoms with Gasteiger partial charge in [0.05, 0.1) is 13.0 Å². The maximum Gasteiger partial charge on any atom is 0.307 e. The predicted molar refractivity (Wildman–Crippen MR) is 94.9 cm³/mol. The van der Waals surface area contributed by atoms with Crippen molar-refractivity contribution in [2.24, 2.45) is 0 Å². The third-order valence-electron chi connectivity index (χ3n) is 3.71. The number of ether oxygens (including phenoxy) is 1. The van der Waals surface area contributed by atoms with Crippen LogP contribution in [-0.4, -0.2) is 19.6 Å². The highest BCUT2D eigenvalue weighted by molar-refractivity contribution is 6.39. The standard InChI is InChI=1S/C18H17Cl2F2NO2/c1-3-25-16(24)9-15(23-2)11-7-10(8-14(21)18(11)22)17-12(19)5-4-6-13(17)20/h4-8,15,23H,3,9H2,1-2H3. The molecule has 1 unspecified atom stereocenters. The van der Waals surface area contributed by atoms with Crippen LogP contribution in [0.25, 0.3) is 11.1 Å². The molecule has 0 aromatic heterocycles. The average molecular weight is 388 g/mol. The van der Waals surface area contributed by atoms with Gasteiger partial charge in [0.15, 0.2) is 11.6 Å². The Labute approximate surface area is 154 Å². The van der Waals surface area contributed by atoms with Gasteiger partial charge >= 0.3 is 5.97 Å². The Hall–Kier alpha value is -1.69. The van der Waals surface area contributed by atoms with Crippen LogP contribution in [0.15, 0.2) is 30.3 Å². The van der Waals surface area contributed by atoms with Gasteiger partial charge in [0, 0.05) is 27.2 Å². The second kappa shape index (κ2) is 8.61. The highest BCUT2D eigenvalue weighted by Crippen LogP contribution is 2.37. The molecule has 0 saturated heterocycles. The Morgan fingerprint density at radius 2 is 1.88 bits per heavy atom. The first-order chi connectivity index (χ1) is 11.9. The fraction of sp³-hybridized carbons (Fsp3) is 0.278. The molecule has 2 aromatic carbocycles. The smallest absolute Gasteiger partial charge is 0.307 e. The van der Waals surface area contributed by atoms with E-state index in [1.807, 2.05) is 0 Å². The maximum absolute atomic E-state index is 14.3. The number of benzene rings is 2. The third-order valence-corrected chi connectivity index (χ3v) is 4.34. The molecular formula is C18H17Cl2F2NO2. The minimum Gasteiger partial charge on any atom is -0.466 e. The van der Waals surface area contributed by atoms with Gasteiger partial charge in [0.2, 0.25) is 0 Å². The molecule has 0 bridgehead atoms. The summed E-state index contributed by atoms with van der Waals surface area (Å²) in [4.78, 5) is 11.7. The van der Waals surface area contributed by atoms with Crippen molar-refractivity contribution in [2.45, 2.75) is 19.4 Å². The van der Waals surface area contributed by atoms with Crippen molar-refractivity contribution in [3.8, 4) is 11.1 Å². The fourth-order valence-corrected chi connectivity index (χ4v) is 3.15. The largest absolute Gasteiger partial charge is 0.466 e. The summed E-state index contributed by atoms with van der Waals surface area (Å²) in [6.45, 7) is 1.88. The van der Waals surface area contributed by atoms with Gasteiger partial charge in [-0.3, -0.25) is 4.79 Å². The predicted octanol–water partition coefficient (Wildman–Crippen LogP) is 5.15. The molecule has 0 spiro atoms. The van der Waals surface area contributed by atoms with Crippen LogP contribution in [0, 0.1) is 11.6 Å². The highest BCUT2D eigenvalue weighted by atomic mass is 35.5. The molecule has 2 aromatic rings. The molecule has 134 valence electrons. The number of carbonyl (C=O) groups is 1. The first-order valence-electron chi connectivity index (χ1n) is 7.65. The molecule has 1 atom stereocenters. The van der Waals surface area contributed by atoms with E-state index < -0.39 is 23.6 Å². The van der Waals surface area contributed by atoms with E-state index in [2.05, 4.69) is 5.32 Å². The molecule has 1 N–H and O–H groups in total. The molecular weight excluding hydrogens is 371 g/mol. The first kappa shape index (κ1) is 19.6. The van der Waals surface area contributed by atoms with Crippen LogP contribution in [0.4, 0.5) is 8.78 Å². The number of rotatable bonds is 6. The van der Waals surface area contributed by atoms with E-state index in [9.17, 15) is 13.6 Å². The summed E-state index contributed by atoms with van der Waals surface area (Å²) < 4.78 is 33.4.